The summed E-state index contributed by atoms with van der Waals surface area (Å²) < 4.78 is 10.6. The Morgan fingerprint density at radius 2 is 2.00 bits per heavy atom. The van der Waals surface area contributed by atoms with Crippen molar-refractivity contribution in [2.45, 2.75) is 37.8 Å². The first-order valence-corrected chi connectivity index (χ1v) is 6.66. The van der Waals surface area contributed by atoms with Crippen molar-refractivity contribution in [3.63, 3.8) is 0 Å². The Bertz CT molecular complexity index is 520. The molecule has 0 unspecified atom stereocenters. The van der Waals surface area contributed by atoms with Gasteiger partial charge < -0.3 is 19.7 Å². The Balaban J connectivity index is 1.57. The minimum atomic E-state index is -1.52. The molecule has 0 amide bonds. The third-order valence-corrected chi connectivity index (χ3v) is 4.65. The van der Waals surface area contributed by atoms with Gasteiger partial charge in [-0.2, -0.15) is 0 Å². The summed E-state index contributed by atoms with van der Waals surface area (Å²) in [5.74, 6) is -1.96. The maximum Gasteiger partial charge on any atom is 0.338 e. The van der Waals surface area contributed by atoms with E-state index in [9.17, 15) is 15.0 Å². The quantitative estimate of drug-likeness (QED) is 0.810. The molecule has 0 aromatic heterocycles. The van der Waals surface area contributed by atoms with Crippen molar-refractivity contribution in [2.24, 2.45) is 5.41 Å². The van der Waals surface area contributed by atoms with Gasteiger partial charge in [0, 0.05) is 6.42 Å². The number of hydrogen-bond acceptors (Lipinski definition) is 5. The predicted molar refractivity (Wildman–Crippen MR) is 69.9 cm³/mol. The molecule has 5 heteroatoms. The topological polar surface area (TPSA) is 76.0 Å². The van der Waals surface area contributed by atoms with Crippen LogP contribution in [0.15, 0.2) is 30.3 Å². The number of aliphatic hydroxyl groups is 2. The average Bonchev–Trinajstić information content (AvgIpc) is 2.67. The maximum absolute atomic E-state index is 11.8. The van der Waals surface area contributed by atoms with Crippen LogP contribution in [0.2, 0.25) is 0 Å². The lowest BCUT2D eigenvalue weighted by molar-refractivity contribution is -0.174. The molecule has 0 bridgehead atoms. The lowest BCUT2D eigenvalue weighted by atomic mass is 10.0. The van der Waals surface area contributed by atoms with Crippen LogP contribution in [0.25, 0.3) is 0 Å². The summed E-state index contributed by atoms with van der Waals surface area (Å²) in [5, 5.41) is 20.5. The fraction of sp³-hybridized carbons (Fsp3) is 0.533. The molecule has 5 nitrogen and oxygen atoms in total. The molecule has 2 aliphatic rings. The van der Waals surface area contributed by atoms with Crippen LogP contribution in [0, 0.1) is 5.41 Å². The lowest BCUT2D eigenvalue weighted by Gasteiger charge is -2.20. The van der Waals surface area contributed by atoms with Crippen LogP contribution in [0.3, 0.4) is 0 Å². The average molecular weight is 278 g/mol. The third-order valence-electron chi connectivity index (χ3n) is 4.65. The zero-order valence-corrected chi connectivity index (χ0v) is 11.5. The highest BCUT2D eigenvalue weighted by Crippen LogP contribution is 2.71. The number of hydrogen-bond donors (Lipinski definition) is 2. The standard InChI is InChI=1S/C15H18O5/c1-13(2)14(17)8-11(20-15(13,14)18)9-19-12(16)10-6-4-3-5-7-10/h3-7,11,17-18H,8-9H2,1-2H3/t11-,14-,15-/m0/s1. The van der Waals surface area contributed by atoms with Crippen molar-refractivity contribution < 1.29 is 24.5 Å². The number of carbonyl (C=O) groups excluding carboxylic acids is 1. The number of ether oxygens (including phenoxy) is 2. The van der Waals surface area contributed by atoms with Gasteiger partial charge in [-0.3, -0.25) is 0 Å². The molecule has 1 heterocycles. The van der Waals surface area contributed by atoms with Crippen LogP contribution >= 0.6 is 0 Å². The highest BCUT2D eigenvalue weighted by Gasteiger charge is 2.88. The summed E-state index contributed by atoms with van der Waals surface area (Å²) >= 11 is 0. The summed E-state index contributed by atoms with van der Waals surface area (Å²) in [6.45, 7) is 3.52. The highest BCUT2D eigenvalue weighted by molar-refractivity contribution is 5.89. The van der Waals surface area contributed by atoms with Gasteiger partial charge in [0.05, 0.1) is 17.1 Å². The molecule has 20 heavy (non-hydrogen) atoms. The Kier molecular flexibility index (Phi) is 2.73. The number of rotatable bonds is 3. The number of benzene rings is 1. The van der Waals surface area contributed by atoms with Crippen molar-refractivity contribution in [1.82, 2.24) is 0 Å². The molecule has 1 aliphatic carbocycles. The fourth-order valence-corrected chi connectivity index (χ4v) is 3.05. The predicted octanol–water partition coefficient (Wildman–Crippen LogP) is 1.09. The van der Waals surface area contributed by atoms with E-state index in [1.54, 1.807) is 38.1 Å². The van der Waals surface area contributed by atoms with Gasteiger partial charge in [0.25, 0.3) is 0 Å². The third kappa shape index (κ3) is 1.57. The van der Waals surface area contributed by atoms with E-state index < -0.39 is 28.9 Å². The van der Waals surface area contributed by atoms with Gasteiger partial charge in [-0.05, 0) is 12.1 Å². The summed E-state index contributed by atoms with van der Waals surface area (Å²) in [6, 6.07) is 8.66. The van der Waals surface area contributed by atoms with Crippen LogP contribution in [0.1, 0.15) is 30.6 Å². The number of fused-ring (bicyclic) bond motifs is 1. The maximum atomic E-state index is 11.8. The van der Waals surface area contributed by atoms with Crippen molar-refractivity contribution in [3.05, 3.63) is 35.9 Å². The Labute approximate surface area is 117 Å². The smallest absolute Gasteiger partial charge is 0.338 e. The lowest BCUT2D eigenvalue weighted by Crippen LogP contribution is -2.28. The minimum Gasteiger partial charge on any atom is -0.459 e. The molecular formula is C15H18O5. The van der Waals surface area contributed by atoms with Gasteiger partial charge >= 0.3 is 5.97 Å². The molecule has 1 saturated carbocycles. The zero-order chi connectivity index (χ0) is 14.6. The molecular weight excluding hydrogens is 260 g/mol. The normalized spacial score (nSPS) is 37.3. The Morgan fingerprint density at radius 3 is 2.55 bits per heavy atom. The molecule has 3 rings (SSSR count). The molecule has 1 aromatic carbocycles. The largest absolute Gasteiger partial charge is 0.459 e. The van der Waals surface area contributed by atoms with Crippen LogP contribution < -0.4 is 0 Å². The molecule has 2 fully saturated rings. The first-order valence-electron chi connectivity index (χ1n) is 6.66. The molecule has 108 valence electrons. The van der Waals surface area contributed by atoms with E-state index in [4.69, 9.17) is 9.47 Å². The Morgan fingerprint density at radius 1 is 1.35 bits per heavy atom. The highest BCUT2D eigenvalue weighted by atomic mass is 16.7. The van der Waals surface area contributed by atoms with Crippen molar-refractivity contribution in [3.8, 4) is 0 Å². The summed E-state index contributed by atoms with van der Waals surface area (Å²) in [5.41, 5.74) is -1.46. The van der Waals surface area contributed by atoms with Crippen LogP contribution in [-0.2, 0) is 9.47 Å². The SMILES string of the molecule is CC1(C)[C@]2(O)O[C@H](COC(=O)c3ccccc3)C[C@]12O. The van der Waals surface area contributed by atoms with Crippen molar-refractivity contribution in [1.29, 1.82) is 0 Å². The van der Waals surface area contributed by atoms with E-state index in [2.05, 4.69) is 0 Å². The molecule has 0 radical (unpaired) electrons. The van der Waals surface area contributed by atoms with Crippen LogP contribution in [-0.4, -0.2) is 40.3 Å². The second-order valence-electron chi connectivity index (χ2n) is 6.04. The summed E-state index contributed by atoms with van der Waals surface area (Å²) in [6.07, 6.45) is -0.218. The first kappa shape index (κ1) is 13.5. The summed E-state index contributed by atoms with van der Waals surface area (Å²) in [4.78, 5) is 11.8. The van der Waals surface area contributed by atoms with Gasteiger partial charge in [-0.1, -0.05) is 32.0 Å². The van der Waals surface area contributed by atoms with Crippen LogP contribution in [0.5, 0.6) is 0 Å². The second kappa shape index (κ2) is 4.04. The van der Waals surface area contributed by atoms with E-state index in [0.29, 0.717) is 5.56 Å². The Hall–Kier alpha value is -1.43. The monoisotopic (exact) mass is 278 g/mol. The molecule has 3 atom stereocenters. The van der Waals surface area contributed by atoms with Crippen molar-refractivity contribution in [2.75, 3.05) is 6.61 Å². The molecule has 1 aromatic rings. The van der Waals surface area contributed by atoms with Gasteiger partial charge in [0.15, 0.2) is 0 Å². The summed E-state index contributed by atoms with van der Waals surface area (Å²) in [7, 11) is 0. The molecule has 0 spiro atoms. The van der Waals surface area contributed by atoms with Gasteiger partial charge in [-0.15, -0.1) is 0 Å². The van der Waals surface area contributed by atoms with Gasteiger partial charge in [0.2, 0.25) is 5.79 Å². The van der Waals surface area contributed by atoms with E-state index in [1.165, 1.54) is 0 Å². The first-order chi connectivity index (χ1) is 9.32. The molecule has 1 aliphatic heterocycles. The second-order valence-corrected chi connectivity index (χ2v) is 6.04. The van der Waals surface area contributed by atoms with Gasteiger partial charge in [-0.25, -0.2) is 4.79 Å². The van der Waals surface area contributed by atoms with Crippen molar-refractivity contribution >= 4 is 5.97 Å². The molecule has 1 saturated heterocycles. The number of carbonyl (C=O) groups is 1. The van der Waals surface area contributed by atoms with E-state index in [0.717, 1.165) is 0 Å². The zero-order valence-electron chi connectivity index (χ0n) is 11.5. The molecule has 2 N–H and O–H groups in total. The number of esters is 1. The van der Waals surface area contributed by atoms with E-state index in [-0.39, 0.29) is 13.0 Å². The fourth-order valence-electron chi connectivity index (χ4n) is 3.05. The van der Waals surface area contributed by atoms with E-state index in [1.807, 2.05) is 6.07 Å². The van der Waals surface area contributed by atoms with Gasteiger partial charge in [0.1, 0.15) is 12.2 Å². The van der Waals surface area contributed by atoms with E-state index >= 15 is 0 Å². The minimum absolute atomic E-state index is 0.0222. The van der Waals surface area contributed by atoms with Crippen LogP contribution in [0.4, 0.5) is 0 Å².